The van der Waals surface area contributed by atoms with Crippen molar-refractivity contribution in [3.05, 3.63) is 81.9 Å². The number of hydrogen-bond donors (Lipinski definition) is 1. The molecule has 1 saturated heterocycles. The number of likely N-dealkylation sites (tertiary alicyclic amines) is 1. The highest BCUT2D eigenvalue weighted by Gasteiger charge is 2.47. The summed E-state index contributed by atoms with van der Waals surface area (Å²) in [5.74, 6) is -1.64. The summed E-state index contributed by atoms with van der Waals surface area (Å²) in [6.07, 6.45) is 10.4. The fourth-order valence-corrected chi connectivity index (χ4v) is 6.69. The number of amides is 4. The predicted octanol–water partition coefficient (Wildman–Crippen LogP) is 5.72. The van der Waals surface area contributed by atoms with E-state index in [4.69, 9.17) is 23.2 Å². The van der Waals surface area contributed by atoms with Crippen LogP contribution in [0.4, 0.5) is 0 Å². The van der Waals surface area contributed by atoms with Crippen LogP contribution in [0.15, 0.2) is 60.7 Å². The van der Waals surface area contributed by atoms with Crippen LogP contribution in [-0.2, 0) is 32.1 Å². The van der Waals surface area contributed by atoms with Gasteiger partial charge in [0.2, 0.25) is 23.6 Å². The summed E-state index contributed by atoms with van der Waals surface area (Å²) in [5.41, 5.74) is 1.65. The Hall–Kier alpha value is -3.16. The van der Waals surface area contributed by atoms with Gasteiger partial charge in [0.1, 0.15) is 6.04 Å². The summed E-state index contributed by atoms with van der Waals surface area (Å²) >= 11 is 12.5. The monoisotopic (exact) mass is 609 g/mol. The Morgan fingerprint density at radius 1 is 0.881 bits per heavy atom. The molecule has 1 N–H and O–H groups in total. The second kappa shape index (κ2) is 13.9. The molecule has 1 saturated carbocycles. The molecule has 42 heavy (non-hydrogen) atoms. The van der Waals surface area contributed by atoms with Crippen molar-refractivity contribution in [2.24, 2.45) is 11.8 Å². The van der Waals surface area contributed by atoms with Gasteiger partial charge in [-0.2, -0.15) is 0 Å². The highest BCUT2D eigenvalue weighted by atomic mass is 35.5. The van der Waals surface area contributed by atoms with Crippen molar-refractivity contribution in [3.63, 3.8) is 0 Å². The van der Waals surface area contributed by atoms with Crippen LogP contribution >= 0.6 is 23.2 Å². The first-order valence-corrected chi connectivity index (χ1v) is 15.7. The van der Waals surface area contributed by atoms with Gasteiger partial charge in [-0.3, -0.25) is 24.1 Å². The summed E-state index contributed by atoms with van der Waals surface area (Å²) in [7, 11) is 0. The topological polar surface area (TPSA) is 86.8 Å². The molecule has 2 aromatic carbocycles. The Bertz CT molecular complexity index is 1320. The van der Waals surface area contributed by atoms with E-state index in [0.717, 1.165) is 43.2 Å². The largest absolute Gasteiger partial charge is 0.352 e. The van der Waals surface area contributed by atoms with Gasteiger partial charge in [0.25, 0.3) is 0 Å². The van der Waals surface area contributed by atoms with Crippen molar-refractivity contribution in [3.8, 4) is 0 Å². The minimum Gasteiger partial charge on any atom is -0.352 e. The number of fused-ring (bicyclic) bond motifs is 1. The van der Waals surface area contributed by atoms with Crippen LogP contribution in [0.2, 0.25) is 10.0 Å². The van der Waals surface area contributed by atoms with Crippen molar-refractivity contribution >= 4 is 46.8 Å². The van der Waals surface area contributed by atoms with Gasteiger partial charge < -0.3 is 10.2 Å². The first-order chi connectivity index (χ1) is 20.3. The molecule has 1 aliphatic heterocycles. The molecule has 9 heteroatoms. The van der Waals surface area contributed by atoms with Gasteiger partial charge in [0.15, 0.2) is 0 Å². The number of nitrogens with one attached hydrogen (secondary N) is 1. The van der Waals surface area contributed by atoms with E-state index in [1.54, 1.807) is 23.1 Å². The van der Waals surface area contributed by atoms with Gasteiger partial charge in [-0.25, -0.2) is 0 Å². The third kappa shape index (κ3) is 7.07. The summed E-state index contributed by atoms with van der Waals surface area (Å²) < 4.78 is 0. The molecule has 3 aliphatic rings. The van der Waals surface area contributed by atoms with Gasteiger partial charge in [-0.15, -0.1) is 0 Å². The third-order valence-corrected chi connectivity index (χ3v) is 9.45. The van der Waals surface area contributed by atoms with Crippen LogP contribution in [0.3, 0.4) is 0 Å². The number of nitrogens with zero attached hydrogens (tertiary/aromatic N) is 2. The molecule has 0 bridgehead atoms. The predicted molar refractivity (Wildman–Crippen MR) is 163 cm³/mol. The maximum Gasteiger partial charge on any atom is 0.243 e. The molecule has 4 amide bonds. The van der Waals surface area contributed by atoms with Crippen LogP contribution in [0.1, 0.15) is 62.5 Å². The lowest BCUT2D eigenvalue weighted by Gasteiger charge is -2.34. The highest BCUT2D eigenvalue weighted by Crippen LogP contribution is 2.35. The molecular formula is C33H37Cl2N3O4. The molecule has 2 fully saturated rings. The number of carbonyl (C=O) groups is 4. The van der Waals surface area contributed by atoms with Crippen LogP contribution in [0.5, 0.6) is 0 Å². The average molecular weight is 611 g/mol. The standard InChI is InChI=1S/C33H37Cl2N3O4/c34-27-16-15-23(19-28(27)35)21-38(30(39)17-18-37-32(41)25-13-7-8-14-26(25)33(37)42)29(20-22-9-3-1-4-10-22)31(40)36-24-11-5-2-6-12-24/h1,3-4,7-10,15-16,19,24-26,29H,2,5-6,11-14,17-18,20-21H2,(H,36,40)/t25-,26+,29-/m0/s1. The maximum atomic E-state index is 14.0. The zero-order valence-corrected chi connectivity index (χ0v) is 25.2. The van der Waals surface area contributed by atoms with E-state index in [9.17, 15) is 19.2 Å². The van der Waals surface area contributed by atoms with Crippen molar-refractivity contribution in [1.29, 1.82) is 0 Å². The van der Waals surface area contributed by atoms with Crippen molar-refractivity contribution in [2.45, 2.75) is 76.4 Å². The number of imide groups is 1. The Labute approximate surface area is 257 Å². The molecule has 7 nitrogen and oxygen atoms in total. The lowest BCUT2D eigenvalue weighted by Crippen LogP contribution is -2.53. The normalized spacial score (nSPS) is 21.2. The van der Waals surface area contributed by atoms with Gasteiger partial charge in [-0.1, -0.05) is 91.0 Å². The molecule has 2 aliphatic carbocycles. The Kier molecular flexibility index (Phi) is 10.0. The number of allylic oxidation sites excluding steroid dienone is 2. The zero-order chi connectivity index (χ0) is 29.6. The fourth-order valence-electron chi connectivity index (χ4n) is 6.37. The number of benzene rings is 2. The molecule has 222 valence electrons. The molecule has 0 unspecified atom stereocenters. The number of carbonyl (C=O) groups excluding carboxylic acids is 4. The van der Waals surface area contributed by atoms with E-state index in [1.165, 1.54) is 4.90 Å². The fraction of sp³-hybridized carbons (Fsp3) is 0.455. The molecular weight excluding hydrogens is 573 g/mol. The third-order valence-electron chi connectivity index (χ3n) is 8.71. The quantitative estimate of drug-likeness (QED) is 0.275. The Balaban J connectivity index is 1.40. The molecule has 0 spiro atoms. The lowest BCUT2D eigenvalue weighted by molar-refractivity contribution is -0.144. The summed E-state index contributed by atoms with van der Waals surface area (Å²) in [4.78, 5) is 56.9. The Morgan fingerprint density at radius 2 is 1.55 bits per heavy atom. The second-order valence-electron chi connectivity index (χ2n) is 11.6. The number of hydrogen-bond acceptors (Lipinski definition) is 4. The number of rotatable bonds is 10. The second-order valence-corrected chi connectivity index (χ2v) is 12.4. The molecule has 2 aromatic rings. The van der Waals surface area contributed by atoms with E-state index in [1.807, 2.05) is 42.5 Å². The van der Waals surface area contributed by atoms with E-state index in [2.05, 4.69) is 5.32 Å². The van der Waals surface area contributed by atoms with E-state index in [-0.39, 0.29) is 61.0 Å². The smallest absolute Gasteiger partial charge is 0.243 e. The van der Waals surface area contributed by atoms with Gasteiger partial charge in [0.05, 0.1) is 21.9 Å². The molecule has 3 atom stereocenters. The average Bonchev–Trinajstić information content (AvgIpc) is 3.25. The SMILES string of the molecule is O=C(NC1CCCCC1)[C@H](Cc1ccccc1)N(Cc1ccc(Cl)c(Cl)c1)C(=O)CCN1C(=O)[C@H]2CC=CC[C@H]2C1=O. The molecule has 0 radical (unpaired) electrons. The van der Waals surface area contributed by atoms with Crippen LogP contribution in [0.25, 0.3) is 0 Å². The van der Waals surface area contributed by atoms with Crippen LogP contribution < -0.4 is 5.32 Å². The van der Waals surface area contributed by atoms with E-state index < -0.39 is 6.04 Å². The van der Waals surface area contributed by atoms with E-state index >= 15 is 0 Å². The Morgan fingerprint density at radius 3 is 2.19 bits per heavy atom. The van der Waals surface area contributed by atoms with Crippen LogP contribution in [-0.4, -0.2) is 52.1 Å². The van der Waals surface area contributed by atoms with Gasteiger partial charge in [0, 0.05) is 32.0 Å². The number of halogens is 2. The van der Waals surface area contributed by atoms with E-state index in [0.29, 0.717) is 29.3 Å². The summed E-state index contributed by atoms with van der Waals surface area (Å²) in [6.45, 7) is 0.117. The zero-order valence-electron chi connectivity index (χ0n) is 23.6. The summed E-state index contributed by atoms with van der Waals surface area (Å²) in [6, 6.07) is 14.1. The van der Waals surface area contributed by atoms with Gasteiger partial charge in [-0.05, 0) is 48.9 Å². The molecule has 5 rings (SSSR count). The summed E-state index contributed by atoms with van der Waals surface area (Å²) in [5, 5.41) is 3.98. The minimum atomic E-state index is -0.798. The lowest BCUT2D eigenvalue weighted by atomic mass is 9.85. The van der Waals surface area contributed by atoms with Crippen LogP contribution in [0, 0.1) is 11.8 Å². The highest BCUT2D eigenvalue weighted by molar-refractivity contribution is 6.42. The van der Waals surface area contributed by atoms with Crippen molar-refractivity contribution in [1.82, 2.24) is 15.1 Å². The molecule has 0 aromatic heterocycles. The van der Waals surface area contributed by atoms with Gasteiger partial charge >= 0.3 is 0 Å². The molecule has 1 heterocycles. The minimum absolute atomic E-state index is 0.0102. The van der Waals surface area contributed by atoms with Crippen molar-refractivity contribution < 1.29 is 19.2 Å². The van der Waals surface area contributed by atoms with Crippen molar-refractivity contribution in [2.75, 3.05) is 6.54 Å². The first-order valence-electron chi connectivity index (χ1n) is 14.9. The first kappa shape index (κ1) is 30.3. The maximum absolute atomic E-state index is 14.0.